The van der Waals surface area contributed by atoms with Gasteiger partial charge in [-0.3, -0.25) is 34.2 Å². The number of nitro benzene ring substituents is 1. The van der Waals surface area contributed by atoms with Crippen LogP contribution in [0.4, 0.5) is 5.69 Å². The number of amides is 2. The molecule has 0 aromatic heterocycles. The van der Waals surface area contributed by atoms with Gasteiger partial charge in [-0.05, 0) is 66.5 Å². The van der Waals surface area contributed by atoms with E-state index in [0.717, 1.165) is 11.3 Å². The molecule has 0 spiro atoms. The number of esters is 1. The number of ether oxygens (including phenoxy) is 2. The number of allylic oxidation sites excluding steroid dienone is 2. The van der Waals surface area contributed by atoms with Crippen LogP contribution in [0.5, 0.6) is 11.5 Å². The van der Waals surface area contributed by atoms with Crippen LogP contribution < -0.4 is 4.74 Å². The minimum absolute atomic E-state index is 0.0553. The van der Waals surface area contributed by atoms with Crippen LogP contribution in [0.15, 0.2) is 60.7 Å². The summed E-state index contributed by atoms with van der Waals surface area (Å²) in [5, 5.41) is 10.7. The summed E-state index contributed by atoms with van der Waals surface area (Å²) >= 11 is 0. The fourth-order valence-corrected chi connectivity index (χ4v) is 6.06. The van der Waals surface area contributed by atoms with Gasteiger partial charge in [-0.1, -0.05) is 12.2 Å². The van der Waals surface area contributed by atoms with E-state index < -0.39 is 29.8 Å². The summed E-state index contributed by atoms with van der Waals surface area (Å²) in [6, 6.07) is 11.7. The first-order valence-electron chi connectivity index (χ1n) is 12.1. The van der Waals surface area contributed by atoms with Crippen LogP contribution in [0.1, 0.15) is 16.8 Å². The van der Waals surface area contributed by atoms with Crippen molar-refractivity contribution in [3.63, 3.8) is 0 Å². The number of nitro groups is 1. The fraction of sp³-hybridized carbons (Fsp3) is 0.333. The number of Topliss-reactive ketones (excluding diaryl/α,β-unsaturated/α-hetero) is 1. The lowest BCUT2D eigenvalue weighted by molar-refractivity contribution is -0.384. The largest absolute Gasteiger partial charge is 0.457 e. The van der Waals surface area contributed by atoms with Gasteiger partial charge in [0.15, 0.2) is 12.4 Å². The molecule has 2 bridgehead atoms. The van der Waals surface area contributed by atoms with E-state index in [0.29, 0.717) is 23.3 Å². The molecule has 0 N–H and O–H groups in total. The molecule has 3 fully saturated rings. The van der Waals surface area contributed by atoms with Gasteiger partial charge in [0.05, 0.1) is 16.8 Å². The molecular formula is C27H22N2O8. The summed E-state index contributed by atoms with van der Waals surface area (Å²) in [7, 11) is 0. The van der Waals surface area contributed by atoms with Gasteiger partial charge in [0, 0.05) is 17.7 Å². The van der Waals surface area contributed by atoms with E-state index >= 15 is 0 Å². The average molecular weight is 502 g/mol. The molecule has 7 rings (SSSR count). The van der Waals surface area contributed by atoms with Gasteiger partial charge in [0.25, 0.3) is 5.69 Å². The van der Waals surface area contributed by atoms with Crippen LogP contribution in [-0.4, -0.2) is 46.5 Å². The maximum absolute atomic E-state index is 13.0. The van der Waals surface area contributed by atoms with E-state index in [2.05, 4.69) is 12.2 Å². The molecular weight excluding hydrogens is 480 g/mol. The molecule has 6 atom stereocenters. The van der Waals surface area contributed by atoms with E-state index in [1.54, 1.807) is 12.1 Å². The zero-order valence-electron chi connectivity index (χ0n) is 19.5. The van der Waals surface area contributed by atoms with Gasteiger partial charge in [-0.2, -0.15) is 0 Å². The summed E-state index contributed by atoms with van der Waals surface area (Å²) in [5.41, 5.74) is 0.227. The summed E-state index contributed by atoms with van der Waals surface area (Å²) in [5.74, 6) is -0.744. The number of benzene rings is 2. The van der Waals surface area contributed by atoms with Crippen molar-refractivity contribution in [3.8, 4) is 11.5 Å². The summed E-state index contributed by atoms with van der Waals surface area (Å²) < 4.78 is 10.7. The molecule has 5 aliphatic rings. The Labute approximate surface area is 211 Å². The highest BCUT2D eigenvalue weighted by molar-refractivity contribution is 6.08. The number of carbonyl (C=O) groups excluding carboxylic acids is 4. The zero-order valence-corrected chi connectivity index (χ0v) is 19.5. The number of non-ortho nitro benzene ring substituents is 1. The lowest BCUT2D eigenvalue weighted by Crippen LogP contribution is -2.40. The standard InChI is InChI=1S/C27H22N2O8/c30-22(14-1-5-16(6-2-14)37-17-7-3-15(4-8-17)29(34)35)13-36-23(31)12-28-26(32)24-18-9-10-19(21-11-20(18)21)25(24)27(28)33/h1-10,18-21,24-25H,11-13H2/t18-,19-,20-,21-,24+,25+/m1/s1. The normalized spacial score (nSPS) is 28.5. The van der Waals surface area contributed by atoms with E-state index in [9.17, 15) is 29.3 Å². The molecule has 1 aliphatic heterocycles. The molecule has 37 heavy (non-hydrogen) atoms. The quantitative estimate of drug-likeness (QED) is 0.134. The Balaban J connectivity index is 1.01. The highest BCUT2D eigenvalue weighted by Gasteiger charge is 2.67. The Bertz CT molecular complexity index is 1310. The lowest BCUT2D eigenvalue weighted by atomic mass is 9.63. The second kappa shape index (κ2) is 8.65. The number of ketones is 1. The van der Waals surface area contributed by atoms with Crippen molar-refractivity contribution in [3.05, 3.63) is 76.4 Å². The Hall–Kier alpha value is -4.34. The molecule has 0 unspecified atom stereocenters. The molecule has 1 heterocycles. The van der Waals surface area contributed by atoms with Crippen LogP contribution >= 0.6 is 0 Å². The van der Waals surface area contributed by atoms with E-state index in [-0.39, 0.29) is 46.7 Å². The van der Waals surface area contributed by atoms with Crippen molar-refractivity contribution in [2.45, 2.75) is 6.42 Å². The summed E-state index contributed by atoms with van der Waals surface area (Å²) in [6.45, 7) is -1.02. The van der Waals surface area contributed by atoms with Gasteiger partial charge < -0.3 is 9.47 Å². The maximum Gasteiger partial charge on any atom is 0.326 e. The zero-order chi connectivity index (χ0) is 25.8. The number of hydrogen-bond acceptors (Lipinski definition) is 8. The van der Waals surface area contributed by atoms with Crippen LogP contribution in [0, 0.1) is 45.6 Å². The molecule has 2 aromatic carbocycles. The van der Waals surface area contributed by atoms with E-state index in [4.69, 9.17) is 9.47 Å². The molecule has 188 valence electrons. The Morgan fingerprint density at radius 1 is 0.892 bits per heavy atom. The minimum atomic E-state index is -0.808. The van der Waals surface area contributed by atoms with Crippen molar-refractivity contribution in [1.82, 2.24) is 4.90 Å². The number of imide groups is 1. The minimum Gasteiger partial charge on any atom is -0.457 e. The molecule has 2 aromatic rings. The number of nitrogens with zero attached hydrogens (tertiary/aromatic N) is 2. The molecule has 1 saturated heterocycles. The van der Waals surface area contributed by atoms with Crippen molar-refractivity contribution in [2.24, 2.45) is 35.5 Å². The number of rotatable bonds is 8. The van der Waals surface area contributed by atoms with Crippen molar-refractivity contribution < 1.29 is 33.6 Å². The molecule has 0 radical (unpaired) electrons. The average Bonchev–Trinajstić information content (AvgIpc) is 3.69. The van der Waals surface area contributed by atoms with E-state index in [1.165, 1.54) is 36.4 Å². The highest BCUT2D eigenvalue weighted by atomic mass is 16.6. The monoisotopic (exact) mass is 502 g/mol. The van der Waals surface area contributed by atoms with Crippen LogP contribution in [0.3, 0.4) is 0 Å². The predicted molar refractivity (Wildman–Crippen MR) is 126 cm³/mol. The van der Waals surface area contributed by atoms with E-state index in [1.807, 2.05) is 0 Å². The Morgan fingerprint density at radius 2 is 1.43 bits per heavy atom. The highest BCUT2D eigenvalue weighted by Crippen LogP contribution is 2.65. The van der Waals surface area contributed by atoms with Crippen molar-refractivity contribution in [2.75, 3.05) is 13.2 Å². The topological polar surface area (TPSA) is 133 Å². The molecule has 2 saturated carbocycles. The second-order valence-electron chi connectivity index (χ2n) is 9.88. The lowest BCUT2D eigenvalue weighted by Gasteiger charge is -2.37. The first kappa shape index (κ1) is 23.1. The molecule has 2 amide bonds. The Morgan fingerprint density at radius 3 is 1.97 bits per heavy atom. The van der Waals surface area contributed by atoms with Crippen LogP contribution in [0.2, 0.25) is 0 Å². The van der Waals surface area contributed by atoms with Gasteiger partial charge in [0.1, 0.15) is 18.0 Å². The van der Waals surface area contributed by atoms with Crippen LogP contribution in [-0.2, 0) is 19.1 Å². The van der Waals surface area contributed by atoms with Crippen molar-refractivity contribution >= 4 is 29.3 Å². The summed E-state index contributed by atoms with van der Waals surface area (Å²) in [6.07, 6.45) is 5.19. The van der Waals surface area contributed by atoms with Gasteiger partial charge in [-0.15, -0.1) is 0 Å². The molecule has 10 nitrogen and oxygen atoms in total. The smallest absolute Gasteiger partial charge is 0.326 e. The third-order valence-corrected chi connectivity index (χ3v) is 7.87. The number of hydrogen-bond donors (Lipinski definition) is 0. The SMILES string of the molecule is O=C(CN1C(=O)[C@H]2[C@@H]3C=C[C@H]([C@H]4C[C@H]34)[C@@H]2C1=O)OCC(=O)c1ccc(Oc2ccc([N+](=O)[O-])cc2)cc1. The summed E-state index contributed by atoms with van der Waals surface area (Å²) in [4.78, 5) is 62.1. The third kappa shape index (κ3) is 3.98. The second-order valence-corrected chi connectivity index (χ2v) is 9.88. The van der Waals surface area contributed by atoms with Gasteiger partial charge >= 0.3 is 5.97 Å². The first-order valence-corrected chi connectivity index (χ1v) is 12.1. The van der Waals surface area contributed by atoms with Crippen molar-refractivity contribution in [1.29, 1.82) is 0 Å². The van der Waals surface area contributed by atoms with Gasteiger partial charge in [-0.25, -0.2) is 0 Å². The molecule has 4 aliphatic carbocycles. The fourth-order valence-electron chi connectivity index (χ4n) is 6.06. The number of likely N-dealkylation sites (tertiary alicyclic amines) is 1. The first-order chi connectivity index (χ1) is 17.8. The van der Waals surface area contributed by atoms with Gasteiger partial charge in [0.2, 0.25) is 11.8 Å². The molecule has 10 heteroatoms. The number of carbonyl (C=O) groups is 4. The maximum atomic E-state index is 13.0. The predicted octanol–water partition coefficient (Wildman–Crippen LogP) is 3.17. The third-order valence-electron chi connectivity index (χ3n) is 7.87. The van der Waals surface area contributed by atoms with Crippen LogP contribution in [0.25, 0.3) is 0 Å². The Kier molecular flexibility index (Phi) is 5.40.